The molecule has 0 radical (unpaired) electrons. The molecule has 4 fully saturated rings. The van der Waals surface area contributed by atoms with Crippen LogP contribution in [-0.2, 0) is 9.16 Å². The van der Waals surface area contributed by atoms with Crippen molar-refractivity contribution >= 4 is 30.9 Å². The lowest BCUT2D eigenvalue weighted by atomic mass is 9.61. The van der Waals surface area contributed by atoms with E-state index in [1.54, 1.807) is 5.57 Å². The van der Waals surface area contributed by atoms with Gasteiger partial charge in [0, 0.05) is 23.1 Å². The Morgan fingerprint density at radius 3 is 2.56 bits per heavy atom. The summed E-state index contributed by atoms with van der Waals surface area (Å²) in [6.07, 6.45) is 14.1. The summed E-state index contributed by atoms with van der Waals surface area (Å²) < 4.78 is 14.5. The van der Waals surface area contributed by atoms with E-state index in [1.807, 2.05) is 7.11 Å². The summed E-state index contributed by atoms with van der Waals surface area (Å²) in [4.78, 5) is 0. The summed E-state index contributed by atoms with van der Waals surface area (Å²) in [7, 11) is 0.258. The fourth-order valence-corrected chi connectivity index (χ4v) is 9.91. The van der Waals surface area contributed by atoms with Crippen LogP contribution >= 0.6 is 22.6 Å². The average Bonchev–Trinajstić information content (AvgIpc) is 3.08. The lowest BCUT2D eigenvalue weighted by Gasteiger charge is -2.44. The third-order valence-corrected chi connectivity index (χ3v) is 16.8. The van der Waals surface area contributed by atoms with Crippen LogP contribution in [-0.4, -0.2) is 32.1 Å². The van der Waals surface area contributed by atoms with Gasteiger partial charge in [-0.1, -0.05) is 68.9 Å². The van der Waals surface area contributed by atoms with Crippen LogP contribution in [0.5, 0.6) is 0 Å². The van der Waals surface area contributed by atoms with Crippen LogP contribution in [0, 0.1) is 34.5 Å². The summed E-state index contributed by atoms with van der Waals surface area (Å²) in [5, 5.41) is 0.288. The van der Waals surface area contributed by atoms with Crippen LogP contribution in [0.15, 0.2) is 11.6 Å². The highest BCUT2D eigenvalue weighted by Crippen LogP contribution is 2.68. The van der Waals surface area contributed by atoms with Gasteiger partial charge in [-0.15, -0.1) is 0 Å². The lowest BCUT2D eigenvalue weighted by Crippen LogP contribution is -2.44. The van der Waals surface area contributed by atoms with Crippen LogP contribution in [0.25, 0.3) is 0 Å². The zero-order valence-electron chi connectivity index (χ0n) is 22.1. The van der Waals surface area contributed by atoms with E-state index in [9.17, 15) is 0 Å². The number of hydrogen-bond donors (Lipinski definition) is 0. The van der Waals surface area contributed by atoms with E-state index in [2.05, 4.69) is 76.4 Å². The van der Waals surface area contributed by atoms with Crippen LogP contribution in [0.2, 0.25) is 18.1 Å². The standard InChI is InChI=1S/C28H49IO2Si/c1-19(18-29)23-11-12-24-20(10-9-13-27(23,24)5)14-25(30-6)28-16-21(28)15-22(17-28)31-32(7,8)26(2,3)4/h14,19,21-25H,9-13,15-18H2,1-8H3/t19-,21?,22+,23?,24?,25?,27-,28?/m1/s1. The number of alkyl halides is 1. The summed E-state index contributed by atoms with van der Waals surface area (Å²) >= 11 is 2.61. The predicted octanol–water partition coefficient (Wildman–Crippen LogP) is 8.41. The van der Waals surface area contributed by atoms with Crippen molar-refractivity contribution in [2.75, 3.05) is 11.5 Å². The highest BCUT2D eigenvalue weighted by molar-refractivity contribution is 14.1. The Labute approximate surface area is 213 Å². The normalized spacial score (nSPS) is 42.6. The predicted molar refractivity (Wildman–Crippen MR) is 147 cm³/mol. The molecule has 0 heterocycles. The van der Waals surface area contributed by atoms with Crippen molar-refractivity contribution in [2.24, 2.45) is 34.5 Å². The van der Waals surface area contributed by atoms with Crippen molar-refractivity contribution < 1.29 is 9.16 Å². The third-order valence-electron chi connectivity index (χ3n) is 10.9. The highest BCUT2D eigenvalue weighted by atomic mass is 127. The molecule has 4 heteroatoms. The summed E-state index contributed by atoms with van der Waals surface area (Å²) in [5.41, 5.74) is 2.62. The summed E-state index contributed by atoms with van der Waals surface area (Å²) in [6.45, 7) is 17.0. The van der Waals surface area contributed by atoms with E-state index in [4.69, 9.17) is 9.16 Å². The second-order valence-electron chi connectivity index (χ2n) is 13.7. The molecule has 4 aliphatic rings. The van der Waals surface area contributed by atoms with Crippen molar-refractivity contribution in [3.8, 4) is 0 Å². The number of hydrogen-bond acceptors (Lipinski definition) is 2. The number of halogens is 1. The number of ether oxygens (including phenoxy) is 1. The Balaban J connectivity index is 1.49. The number of allylic oxidation sites excluding steroid dienone is 1. The summed E-state index contributed by atoms with van der Waals surface area (Å²) in [5.74, 6) is 3.34. The average molecular weight is 573 g/mol. The molecular weight excluding hydrogens is 523 g/mol. The molecule has 4 rings (SSSR count). The first-order valence-electron chi connectivity index (χ1n) is 13.3. The number of rotatable bonds is 7. The van der Waals surface area contributed by atoms with Gasteiger partial charge in [0.1, 0.15) is 0 Å². The molecule has 0 aliphatic heterocycles. The van der Waals surface area contributed by atoms with Crippen molar-refractivity contribution in [3.63, 3.8) is 0 Å². The molecule has 0 aromatic rings. The molecule has 32 heavy (non-hydrogen) atoms. The van der Waals surface area contributed by atoms with E-state index in [0.717, 1.165) is 23.7 Å². The van der Waals surface area contributed by atoms with Gasteiger partial charge in [0.05, 0.1) is 6.10 Å². The highest BCUT2D eigenvalue weighted by Gasteiger charge is 2.65. The molecule has 0 saturated heterocycles. The molecule has 0 spiro atoms. The van der Waals surface area contributed by atoms with Gasteiger partial charge in [-0.3, -0.25) is 0 Å². The van der Waals surface area contributed by atoms with Gasteiger partial charge in [-0.05, 0) is 98.6 Å². The van der Waals surface area contributed by atoms with Crippen LogP contribution < -0.4 is 0 Å². The van der Waals surface area contributed by atoms with Gasteiger partial charge in [-0.25, -0.2) is 0 Å². The molecule has 4 aliphatic carbocycles. The summed E-state index contributed by atoms with van der Waals surface area (Å²) in [6, 6.07) is 0. The SMILES string of the molecule is COC(C=C1CCC[C@@]2(C)C1CCC2[C@H](C)CI)C12CC1C[C@H](O[Si](C)(C)C(C)(C)C)C2. The first-order chi connectivity index (χ1) is 14.9. The van der Waals surface area contributed by atoms with Gasteiger partial charge in [-0.2, -0.15) is 0 Å². The Hall–Kier alpha value is 0.607. The van der Waals surface area contributed by atoms with Gasteiger partial charge < -0.3 is 9.16 Å². The minimum atomic E-state index is -1.71. The largest absolute Gasteiger partial charge is 0.414 e. The molecule has 5 unspecified atom stereocenters. The maximum atomic E-state index is 6.87. The fourth-order valence-electron chi connectivity index (χ4n) is 7.93. The molecule has 4 saturated carbocycles. The Morgan fingerprint density at radius 2 is 1.94 bits per heavy atom. The van der Waals surface area contributed by atoms with Gasteiger partial charge in [0.2, 0.25) is 0 Å². The Bertz CT molecular complexity index is 727. The molecule has 184 valence electrons. The molecule has 0 bridgehead atoms. The van der Waals surface area contributed by atoms with E-state index < -0.39 is 8.32 Å². The van der Waals surface area contributed by atoms with E-state index in [0.29, 0.717) is 23.0 Å². The molecule has 0 aromatic heterocycles. The van der Waals surface area contributed by atoms with Gasteiger partial charge >= 0.3 is 0 Å². The Kier molecular flexibility index (Phi) is 7.16. The van der Waals surface area contributed by atoms with E-state index >= 15 is 0 Å². The minimum absolute atomic E-state index is 0.288. The zero-order valence-corrected chi connectivity index (χ0v) is 25.3. The third kappa shape index (κ3) is 4.34. The maximum absolute atomic E-state index is 6.87. The van der Waals surface area contributed by atoms with Crippen molar-refractivity contribution in [2.45, 2.75) is 116 Å². The quantitative estimate of drug-likeness (QED) is 0.132. The molecule has 8 atom stereocenters. The first kappa shape index (κ1) is 25.7. The van der Waals surface area contributed by atoms with Crippen molar-refractivity contribution in [3.05, 3.63) is 11.6 Å². The number of fused-ring (bicyclic) bond motifs is 2. The zero-order chi connectivity index (χ0) is 23.5. The fraction of sp³-hybridized carbons (Fsp3) is 0.929. The molecule has 2 nitrogen and oxygen atoms in total. The second kappa shape index (κ2) is 8.92. The van der Waals surface area contributed by atoms with E-state index in [-0.39, 0.29) is 5.04 Å². The maximum Gasteiger partial charge on any atom is 0.192 e. The van der Waals surface area contributed by atoms with Crippen LogP contribution in [0.3, 0.4) is 0 Å². The smallest absolute Gasteiger partial charge is 0.192 e. The van der Waals surface area contributed by atoms with Crippen LogP contribution in [0.1, 0.15) is 86.0 Å². The van der Waals surface area contributed by atoms with Crippen LogP contribution in [0.4, 0.5) is 0 Å². The minimum Gasteiger partial charge on any atom is -0.414 e. The number of methoxy groups -OCH3 is 1. The van der Waals surface area contributed by atoms with Crippen molar-refractivity contribution in [1.82, 2.24) is 0 Å². The second-order valence-corrected chi connectivity index (χ2v) is 19.3. The van der Waals surface area contributed by atoms with Gasteiger partial charge in [0.15, 0.2) is 8.32 Å². The lowest BCUT2D eigenvalue weighted by molar-refractivity contribution is 0.0568. The monoisotopic (exact) mass is 572 g/mol. The molecule has 0 N–H and O–H groups in total. The Morgan fingerprint density at radius 1 is 1.22 bits per heavy atom. The molecular formula is C28H49IO2Si. The molecule has 0 aromatic carbocycles. The first-order valence-corrected chi connectivity index (χ1v) is 17.8. The topological polar surface area (TPSA) is 18.5 Å². The molecule has 0 amide bonds. The van der Waals surface area contributed by atoms with E-state index in [1.165, 1.54) is 55.8 Å². The van der Waals surface area contributed by atoms with Crippen molar-refractivity contribution in [1.29, 1.82) is 0 Å². The van der Waals surface area contributed by atoms with Gasteiger partial charge in [0.25, 0.3) is 0 Å².